The summed E-state index contributed by atoms with van der Waals surface area (Å²) in [5.41, 5.74) is 2.18. The minimum Gasteiger partial charge on any atom is -0.465 e. The van der Waals surface area contributed by atoms with Gasteiger partial charge in [-0.05, 0) is 37.0 Å². The van der Waals surface area contributed by atoms with Crippen molar-refractivity contribution in [1.82, 2.24) is 15.1 Å². The molecular formula is C24H30ClN3O3. The van der Waals surface area contributed by atoms with Crippen molar-refractivity contribution in [2.45, 2.75) is 38.9 Å². The SMILES string of the molecule is CCOC(=O)CNC(=O)N(Cc1ccccc1Cl)C1CCN(Cc2ccccc2)CC1. The highest BCUT2D eigenvalue weighted by molar-refractivity contribution is 6.31. The van der Waals surface area contributed by atoms with Crippen LogP contribution in [-0.4, -0.2) is 54.1 Å². The van der Waals surface area contributed by atoms with E-state index in [1.165, 1.54) is 5.56 Å². The summed E-state index contributed by atoms with van der Waals surface area (Å²) >= 11 is 6.35. The maximum Gasteiger partial charge on any atom is 0.325 e. The van der Waals surface area contributed by atoms with Crippen LogP contribution >= 0.6 is 11.6 Å². The summed E-state index contributed by atoms with van der Waals surface area (Å²) < 4.78 is 4.93. The fraction of sp³-hybridized carbons (Fsp3) is 0.417. The molecule has 0 spiro atoms. The van der Waals surface area contributed by atoms with Crippen molar-refractivity contribution in [2.75, 3.05) is 26.2 Å². The Labute approximate surface area is 189 Å². The number of amides is 2. The number of carbonyl (C=O) groups is 2. The van der Waals surface area contributed by atoms with Gasteiger partial charge in [0.25, 0.3) is 0 Å². The van der Waals surface area contributed by atoms with E-state index in [-0.39, 0.29) is 25.2 Å². The monoisotopic (exact) mass is 443 g/mol. The molecule has 166 valence electrons. The van der Waals surface area contributed by atoms with Crippen LogP contribution in [0.2, 0.25) is 5.02 Å². The van der Waals surface area contributed by atoms with Crippen LogP contribution in [-0.2, 0) is 22.6 Å². The van der Waals surface area contributed by atoms with Crippen molar-refractivity contribution in [1.29, 1.82) is 0 Å². The Bertz CT molecular complexity index is 854. The standard InChI is InChI=1S/C24H30ClN3O3/c1-2-31-23(29)16-26-24(30)28(18-20-10-6-7-11-22(20)25)21-12-14-27(15-13-21)17-19-8-4-3-5-9-19/h3-11,21H,2,12-18H2,1H3,(H,26,30). The summed E-state index contributed by atoms with van der Waals surface area (Å²) in [5, 5.41) is 3.34. The van der Waals surface area contributed by atoms with Gasteiger partial charge in [0.05, 0.1) is 6.61 Å². The molecule has 2 aromatic rings. The molecule has 2 aromatic carbocycles. The number of benzene rings is 2. The maximum absolute atomic E-state index is 13.0. The highest BCUT2D eigenvalue weighted by atomic mass is 35.5. The summed E-state index contributed by atoms with van der Waals surface area (Å²) in [6.07, 6.45) is 1.73. The van der Waals surface area contributed by atoms with Crippen LogP contribution in [0.25, 0.3) is 0 Å². The summed E-state index contributed by atoms with van der Waals surface area (Å²) in [7, 11) is 0. The molecule has 0 aliphatic carbocycles. The molecule has 0 aromatic heterocycles. The van der Waals surface area contributed by atoms with E-state index in [1.807, 2.05) is 30.3 Å². The second kappa shape index (κ2) is 11.7. The molecule has 0 bridgehead atoms. The molecule has 1 saturated heterocycles. The number of likely N-dealkylation sites (tertiary alicyclic amines) is 1. The van der Waals surface area contributed by atoms with Gasteiger partial charge < -0.3 is 15.0 Å². The second-order valence-corrected chi connectivity index (χ2v) is 8.08. The minimum atomic E-state index is -0.439. The third kappa shape index (κ3) is 6.97. The third-order valence-corrected chi connectivity index (χ3v) is 5.86. The van der Waals surface area contributed by atoms with E-state index >= 15 is 0 Å². The number of piperidine rings is 1. The molecule has 2 amide bonds. The van der Waals surface area contributed by atoms with Gasteiger partial charge in [-0.3, -0.25) is 9.69 Å². The lowest BCUT2D eigenvalue weighted by Gasteiger charge is -2.38. The molecule has 3 rings (SSSR count). The highest BCUT2D eigenvalue weighted by Crippen LogP contribution is 2.23. The van der Waals surface area contributed by atoms with Gasteiger partial charge in [0.1, 0.15) is 6.54 Å². The van der Waals surface area contributed by atoms with Crippen LogP contribution in [0.15, 0.2) is 54.6 Å². The Morgan fingerprint density at radius 1 is 1.10 bits per heavy atom. The van der Waals surface area contributed by atoms with Crippen molar-refractivity contribution in [3.8, 4) is 0 Å². The van der Waals surface area contributed by atoms with Crippen molar-refractivity contribution < 1.29 is 14.3 Å². The van der Waals surface area contributed by atoms with Crippen LogP contribution in [0.1, 0.15) is 30.9 Å². The van der Waals surface area contributed by atoms with Crippen molar-refractivity contribution in [3.63, 3.8) is 0 Å². The number of hydrogen-bond acceptors (Lipinski definition) is 4. The number of ether oxygens (including phenoxy) is 1. The normalized spacial score (nSPS) is 14.8. The molecule has 0 atom stereocenters. The molecule has 0 radical (unpaired) electrons. The third-order valence-electron chi connectivity index (χ3n) is 5.50. The van der Waals surface area contributed by atoms with Gasteiger partial charge in [-0.15, -0.1) is 0 Å². The van der Waals surface area contributed by atoms with Crippen molar-refractivity contribution in [2.24, 2.45) is 0 Å². The number of rotatable bonds is 8. The number of hydrogen-bond donors (Lipinski definition) is 1. The summed E-state index contributed by atoms with van der Waals surface area (Å²) in [4.78, 5) is 28.9. The molecule has 0 saturated carbocycles. The van der Waals surface area contributed by atoms with E-state index in [0.29, 0.717) is 11.6 Å². The second-order valence-electron chi connectivity index (χ2n) is 7.68. The van der Waals surface area contributed by atoms with Gasteiger partial charge in [-0.2, -0.15) is 0 Å². The Balaban J connectivity index is 1.64. The molecule has 1 aliphatic heterocycles. The van der Waals surface area contributed by atoms with E-state index in [0.717, 1.165) is 38.0 Å². The van der Waals surface area contributed by atoms with E-state index in [9.17, 15) is 9.59 Å². The average Bonchev–Trinajstić information content (AvgIpc) is 2.78. The first-order chi connectivity index (χ1) is 15.1. The predicted octanol–water partition coefficient (Wildman–Crippen LogP) is 4.08. The van der Waals surface area contributed by atoms with E-state index < -0.39 is 5.97 Å². The zero-order valence-electron chi connectivity index (χ0n) is 17.9. The zero-order valence-corrected chi connectivity index (χ0v) is 18.7. The highest BCUT2D eigenvalue weighted by Gasteiger charge is 2.29. The molecule has 1 N–H and O–H groups in total. The Morgan fingerprint density at radius 2 is 1.77 bits per heavy atom. The Morgan fingerprint density at radius 3 is 2.45 bits per heavy atom. The van der Waals surface area contributed by atoms with Crippen LogP contribution < -0.4 is 5.32 Å². The first-order valence-electron chi connectivity index (χ1n) is 10.8. The van der Waals surface area contributed by atoms with Gasteiger partial charge in [0, 0.05) is 37.2 Å². The summed E-state index contributed by atoms with van der Waals surface area (Å²) in [6.45, 7) is 5.02. The van der Waals surface area contributed by atoms with Crippen molar-refractivity contribution in [3.05, 3.63) is 70.7 Å². The first-order valence-corrected chi connectivity index (χ1v) is 11.1. The number of nitrogens with one attached hydrogen (secondary N) is 1. The fourth-order valence-electron chi connectivity index (χ4n) is 3.87. The van der Waals surface area contributed by atoms with Crippen LogP contribution in [0.5, 0.6) is 0 Å². The molecular weight excluding hydrogens is 414 g/mol. The van der Waals surface area contributed by atoms with Crippen LogP contribution in [0.4, 0.5) is 4.79 Å². The topological polar surface area (TPSA) is 61.9 Å². The Hall–Kier alpha value is -2.57. The number of esters is 1. The van der Waals surface area contributed by atoms with Gasteiger partial charge in [-0.1, -0.05) is 60.1 Å². The quantitative estimate of drug-likeness (QED) is 0.624. The molecule has 0 unspecified atom stereocenters. The van der Waals surface area contributed by atoms with E-state index in [4.69, 9.17) is 16.3 Å². The van der Waals surface area contributed by atoms with Gasteiger partial charge >= 0.3 is 12.0 Å². The zero-order chi connectivity index (χ0) is 22.1. The number of halogens is 1. The lowest BCUT2D eigenvalue weighted by molar-refractivity contribution is -0.141. The van der Waals surface area contributed by atoms with Gasteiger partial charge in [0.2, 0.25) is 0 Å². The smallest absolute Gasteiger partial charge is 0.325 e. The lowest BCUT2D eigenvalue weighted by Crippen LogP contribution is -2.51. The molecule has 1 aliphatic rings. The largest absolute Gasteiger partial charge is 0.465 e. The van der Waals surface area contributed by atoms with E-state index in [1.54, 1.807) is 11.8 Å². The Kier molecular flexibility index (Phi) is 8.74. The summed E-state index contributed by atoms with van der Waals surface area (Å²) in [5.74, 6) is -0.439. The molecule has 1 heterocycles. The van der Waals surface area contributed by atoms with Crippen LogP contribution in [0, 0.1) is 0 Å². The molecule has 1 fully saturated rings. The lowest BCUT2D eigenvalue weighted by atomic mass is 10.0. The van der Waals surface area contributed by atoms with Crippen LogP contribution in [0.3, 0.4) is 0 Å². The summed E-state index contributed by atoms with van der Waals surface area (Å²) in [6, 6.07) is 17.8. The number of urea groups is 1. The van der Waals surface area contributed by atoms with Gasteiger partial charge in [0.15, 0.2) is 0 Å². The predicted molar refractivity (Wildman–Crippen MR) is 122 cm³/mol. The minimum absolute atomic E-state index is 0.0745. The number of nitrogens with zero attached hydrogens (tertiary/aromatic N) is 2. The molecule has 7 heteroatoms. The first kappa shape index (κ1) is 23.1. The average molecular weight is 444 g/mol. The number of carbonyl (C=O) groups excluding carboxylic acids is 2. The van der Waals surface area contributed by atoms with Gasteiger partial charge in [-0.25, -0.2) is 4.79 Å². The maximum atomic E-state index is 13.0. The fourth-order valence-corrected chi connectivity index (χ4v) is 4.06. The molecule has 6 nitrogen and oxygen atoms in total. The van der Waals surface area contributed by atoms with Crippen molar-refractivity contribution >= 4 is 23.6 Å². The van der Waals surface area contributed by atoms with E-state index in [2.05, 4.69) is 34.5 Å². The molecule has 31 heavy (non-hydrogen) atoms.